The van der Waals surface area contributed by atoms with Crippen LogP contribution in [0.3, 0.4) is 0 Å². The highest BCUT2D eigenvalue weighted by molar-refractivity contribution is 5.71. The van der Waals surface area contributed by atoms with Gasteiger partial charge in [-0.25, -0.2) is 0 Å². The molecule has 6 nitrogen and oxygen atoms in total. The van der Waals surface area contributed by atoms with Crippen molar-refractivity contribution in [1.82, 2.24) is 0 Å². The van der Waals surface area contributed by atoms with Crippen molar-refractivity contribution in [2.45, 2.75) is 245 Å². The van der Waals surface area contributed by atoms with Gasteiger partial charge in [-0.3, -0.25) is 14.4 Å². The van der Waals surface area contributed by atoms with E-state index in [9.17, 15) is 14.4 Å². The highest BCUT2D eigenvalue weighted by atomic mass is 16.6. The van der Waals surface area contributed by atoms with Crippen LogP contribution in [-0.2, 0) is 28.6 Å². The zero-order chi connectivity index (χ0) is 44.4. The molecule has 0 fully saturated rings. The number of hydrogen-bond acceptors (Lipinski definition) is 6. The third-order valence-electron chi connectivity index (χ3n) is 10.7. The Bertz CT molecular complexity index is 1160. The molecule has 0 amide bonds. The molecule has 0 heterocycles. The van der Waals surface area contributed by atoms with Gasteiger partial charge in [-0.05, 0) is 89.9 Å². The minimum atomic E-state index is -0.790. The fraction of sp³-hybridized carbons (Fsp3) is 0.727. The maximum Gasteiger partial charge on any atom is 0.306 e. The van der Waals surface area contributed by atoms with Gasteiger partial charge in [-0.15, -0.1) is 0 Å². The maximum absolute atomic E-state index is 12.7. The van der Waals surface area contributed by atoms with E-state index in [1.54, 1.807) is 0 Å². The summed E-state index contributed by atoms with van der Waals surface area (Å²) in [5.74, 6) is -0.935. The minimum Gasteiger partial charge on any atom is -0.462 e. The van der Waals surface area contributed by atoms with Gasteiger partial charge in [0.1, 0.15) is 13.2 Å². The van der Waals surface area contributed by atoms with Crippen molar-refractivity contribution in [2.75, 3.05) is 13.2 Å². The molecule has 0 aliphatic carbocycles. The summed E-state index contributed by atoms with van der Waals surface area (Å²) in [6.07, 6.45) is 61.9. The van der Waals surface area contributed by atoms with E-state index in [-0.39, 0.29) is 31.1 Å². The molecule has 1 unspecified atom stereocenters. The average molecular weight is 851 g/mol. The van der Waals surface area contributed by atoms with Crippen molar-refractivity contribution in [3.8, 4) is 0 Å². The smallest absolute Gasteiger partial charge is 0.306 e. The molecule has 0 bridgehead atoms. The lowest BCUT2D eigenvalue weighted by molar-refractivity contribution is -0.167. The zero-order valence-corrected chi connectivity index (χ0v) is 39.9. The Kier molecular flexibility index (Phi) is 46.9. The number of rotatable bonds is 45. The maximum atomic E-state index is 12.7. The van der Waals surface area contributed by atoms with E-state index >= 15 is 0 Å². The molecule has 350 valence electrons. The zero-order valence-electron chi connectivity index (χ0n) is 39.9. The molecule has 0 aromatic rings. The number of hydrogen-bond donors (Lipinski definition) is 0. The van der Waals surface area contributed by atoms with Gasteiger partial charge in [-0.1, -0.05) is 203 Å². The SMILES string of the molecule is CC/C=C\C/C=C\C/C=C\CCCCCC(=O)OC(COC(=O)CCCCCCCCC)COC(=O)CCCCCCCCCC/C=C\C/C=C\C/C=C\CCCCCCC. The van der Waals surface area contributed by atoms with E-state index < -0.39 is 6.10 Å². The van der Waals surface area contributed by atoms with Crippen LogP contribution in [0.5, 0.6) is 0 Å². The van der Waals surface area contributed by atoms with Crippen molar-refractivity contribution in [2.24, 2.45) is 0 Å². The van der Waals surface area contributed by atoms with Crippen LogP contribution in [0.25, 0.3) is 0 Å². The van der Waals surface area contributed by atoms with Crippen LogP contribution >= 0.6 is 0 Å². The topological polar surface area (TPSA) is 78.9 Å². The van der Waals surface area contributed by atoms with Crippen LogP contribution in [0.4, 0.5) is 0 Å². The predicted molar refractivity (Wildman–Crippen MR) is 261 cm³/mol. The summed E-state index contributed by atoms with van der Waals surface area (Å²) >= 11 is 0. The van der Waals surface area contributed by atoms with Crippen molar-refractivity contribution >= 4 is 17.9 Å². The van der Waals surface area contributed by atoms with Gasteiger partial charge < -0.3 is 14.2 Å². The first-order chi connectivity index (χ1) is 30.0. The minimum absolute atomic E-state index is 0.0897. The molecule has 61 heavy (non-hydrogen) atoms. The molecular formula is C55H94O6. The lowest BCUT2D eigenvalue weighted by atomic mass is 10.1. The van der Waals surface area contributed by atoms with Crippen molar-refractivity contribution in [1.29, 1.82) is 0 Å². The number of carbonyl (C=O) groups excluding carboxylic acids is 3. The van der Waals surface area contributed by atoms with Gasteiger partial charge in [0.05, 0.1) is 0 Å². The molecule has 0 saturated carbocycles. The van der Waals surface area contributed by atoms with Crippen LogP contribution in [-0.4, -0.2) is 37.2 Å². The summed E-state index contributed by atoms with van der Waals surface area (Å²) in [4.78, 5) is 37.7. The Labute approximate surface area is 376 Å². The van der Waals surface area contributed by atoms with Gasteiger partial charge in [0, 0.05) is 19.3 Å². The van der Waals surface area contributed by atoms with E-state index in [1.807, 2.05) is 0 Å². The lowest BCUT2D eigenvalue weighted by Gasteiger charge is -2.18. The summed E-state index contributed by atoms with van der Waals surface area (Å²) < 4.78 is 16.7. The van der Waals surface area contributed by atoms with Crippen LogP contribution in [0.15, 0.2) is 72.9 Å². The van der Waals surface area contributed by atoms with Gasteiger partial charge in [-0.2, -0.15) is 0 Å². The highest BCUT2D eigenvalue weighted by Crippen LogP contribution is 2.14. The first-order valence-electron chi connectivity index (χ1n) is 25.4. The van der Waals surface area contributed by atoms with Crippen molar-refractivity contribution < 1.29 is 28.6 Å². The summed E-state index contributed by atoms with van der Waals surface area (Å²) in [5, 5.41) is 0. The highest BCUT2D eigenvalue weighted by Gasteiger charge is 2.19. The number of unbranched alkanes of at least 4 members (excludes halogenated alkanes) is 22. The van der Waals surface area contributed by atoms with E-state index in [4.69, 9.17) is 14.2 Å². The van der Waals surface area contributed by atoms with Crippen LogP contribution in [0, 0.1) is 0 Å². The van der Waals surface area contributed by atoms with Crippen molar-refractivity contribution in [3.63, 3.8) is 0 Å². The molecule has 0 aliphatic rings. The molecule has 0 aromatic carbocycles. The van der Waals surface area contributed by atoms with Gasteiger partial charge >= 0.3 is 17.9 Å². The second kappa shape index (κ2) is 49.5. The lowest BCUT2D eigenvalue weighted by Crippen LogP contribution is -2.30. The monoisotopic (exact) mass is 851 g/mol. The fourth-order valence-electron chi connectivity index (χ4n) is 6.87. The first-order valence-corrected chi connectivity index (χ1v) is 25.4. The second-order valence-electron chi connectivity index (χ2n) is 16.7. The van der Waals surface area contributed by atoms with Gasteiger partial charge in [0.25, 0.3) is 0 Å². The summed E-state index contributed by atoms with van der Waals surface area (Å²) in [6.45, 7) is 6.43. The molecule has 1 atom stereocenters. The molecule has 0 saturated heterocycles. The van der Waals surface area contributed by atoms with Crippen LogP contribution < -0.4 is 0 Å². The quantitative estimate of drug-likeness (QED) is 0.0263. The number of carbonyl (C=O) groups is 3. The van der Waals surface area contributed by atoms with Crippen LogP contribution in [0.2, 0.25) is 0 Å². The van der Waals surface area contributed by atoms with Gasteiger partial charge in [0.15, 0.2) is 6.10 Å². The first kappa shape index (κ1) is 57.9. The fourth-order valence-corrected chi connectivity index (χ4v) is 6.87. The Hall–Kier alpha value is -3.15. The number of ether oxygens (including phenoxy) is 3. The third-order valence-corrected chi connectivity index (χ3v) is 10.7. The summed E-state index contributed by atoms with van der Waals surface area (Å²) in [7, 11) is 0. The second-order valence-corrected chi connectivity index (χ2v) is 16.7. The van der Waals surface area contributed by atoms with E-state index in [0.717, 1.165) is 103 Å². The average Bonchev–Trinajstić information content (AvgIpc) is 3.26. The van der Waals surface area contributed by atoms with Crippen molar-refractivity contribution in [3.05, 3.63) is 72.9 Å². The molecule has 0 aliphatic heterocycles. The Morgan fingerprint density at radius 3 is 1.02 bits per heavy atom. The molecular weight excluding hydrogens is 757 g/mol. The predicted octanol–water partition coefficient (Wildman–Crippen LogP) is 16.6. The Morgan fingerprint density at radius 1 is 0.344 bits per heavy atom. The molecule has 6 heteroatoms. The normalized spacial score (nSPS) is 12.6. The molecule has 0 radical (unpaired) electrons. The largest absolute Gasteiger partial charge is 0.462 e. The Morgan fingerprint density at radius 2 is 0.639 bits per heavy atom. The number of esters is 3. The molecule has 0 aromatic heterocycles. The standard InChI is InChI=1S/C55H94O6/c1-4-7-10-13-16-18-20-22-23-24-25-26-27-28-29-30-31-33-34-36-39-42-45-48-54(57)60-51-52(50-59-53(56)47-44-41-38-15-12-9-6-3)61-55(58)49-46-43-40-37-35-32-21-19-17-14-11-8-5-2/h8,11,17,19-20,22,24-25,27-28,32,35,52H,4-7,9-10,12-16,18,21,23,26,29-31,33-34,36-51H2,1-3H3/b11-8-,19-17-,22-20-,25-24-,28-27-,35-32-. The van der Waals surface area contributed by atoms with Gasteiger partial charge in [0.2, 0.25) is 0 Å². The van der Waals surface area contributed by atoms with Crippen LogP contribution in [0.1, 0.15) is 239 Å². The summed E-state index contributed by atoms with van der Waals surface area (Å²) in [6, 6.07) is 0. The molecule has 0 N–H and O–H groups in total. The van der Waals surface area contributed by atoms with E-state index in [2.05, 4.69) is 93.7 Å². The van der Waals surface area contributed by atoms with E-state index in [1.165, 1.54) is 96.3 Å². The third kappa shape index (κ3) is 47.7. The Balaban J connectivity index is 4.24. The van der Waals surface area contributed by atoms with E-state index in [0.29, 0.717) is 19.3 Å². The molecule has 0 spiro atoms. The summed E-state index contributed by atoms with van der Waals surface area (Å²) in [5.41, 5.74) is 0. The molecule has 0 rings (SSSR count). The number of allylic oxidation sites excluding steroid dienone is 12.